The zero-order valence-electron chi connectivity index (χ0n) is 17.7. The Labute approximate surface area is 190 Å². The fourth-order valence-electron chi connectivity index (χ4n) is 3.17. The van der Waals surface area contributed by atoms with E-state index in [9.17, 15) is 39.4 Å². The van der Waals surface area contributed by atoms with Crippen LogP contribution < -0.4 is 33.8 Å². The first-order valence-corrected chi connectivity index (χ1v) is 9.88. The van der Waals surface area contributed by atoms with Gasteiger partial charge in [0.2, 0.25) is 11.8 Å². The molecule has 12 N–H and O–H groups in total. The van der Waals surface area contributed by atoms with Crippen LogP contribution in [0.25, 0.3) is 0 Å². The van der Waals surface area contributed by atoms with Gasteiger partial charge in [0, 0.05) is 19.2 Å². The maximum atomic E-state index is 12.6. The van der Waals surface area contributed by atoms with E-state index in [4.69, 9.17) is 21.9 Å². The molecule has 0 aromatic carbocycles. The molecule has 0 radical (unpaired) electrons. The highest BCUT2D eigenvalue weighted by molar-refractivity contribution is 5.89. The predicted octanol–water partition coefficient (Wildman–Crippen LogP) is -5.53. The van der Waals surface area contributed by atoms with Gasteiger partial charge in [-0.2, -0.15) is 0 Å². The summed E-state index contributed by atoms with van der Waals surface area (Å²) in [6.07, 6.45) is -5.34. The van der Waals surface area contributed by atoms with Crippen molar-refractivity contribution in [1.29, 1.82) is 0 Å². The van der Waals surface area contributed by atoms with Crippen molar-refractivity contribution < 1.29 is 34.5 Å². The zero-order chi connectivity index (χ0) is 25.6. The molecule has 0 unspecified atom stereocenters. The number of aliphatic hydroxyl groups excluding tert-OH is 2. The molecule has 1 fully saturated rings. The summed E-state index contributed by atoms with van der Waals surface area (Å²) in [4.78, 5) is 66.5. The van der Waals surface area contributed by atoms with E-state index in [0.717, 1.165) is 6.20 Å². The van der Waals surface area contributed by atoms with Crippen molar-refractivity contribution in [1.82, 2.24) is 20.3 Å². The molecule has 0 bridgehead atoms. The second-order valence-electron chi connectivity index (χ2n) is 7.35. The number of hydroxylamine groups is 2. The fraction of sp³-hybridized carbons (Fsp3) is 0.529. The number of ether oxygens (including phenoxy) is 1. The molecule has 17 heteroatoms. The van der Waals surface area contributed by atoms with Crippen molar-refractivity contribution in [3.8, 4) is 0 Å². The van der Waals surface area contributed by atoms with Crippen LogP contribution in [-0.2, 0) is 19.1 Å². The number of nitrogens with one attached hydrogen (secondary N) is 3. The summed E-state index contributed by atoms with van der Waals surface area (Å²) in [6, 6.07) is -1.57. The first-order valence-electron chi connectivity index (χ1n) is 9.88. The Hall–Kier alpha value is -3.80. The van der Waals surface area contributed by atoms with Gasteiger partial charge in [-0.1, -0.05) is 0 Å². The van der Waals surface area contributed by atoms with E-state index in [1.165, 1.54) is 0 Å². The predicted molar refractivity (Wildman–Crippen MR) is 112 cm³/mol. The minimum atomic E-state index is -1.57. The monoisotopic (exact) mass is 486 g/mol. The minimum absolute atomic E-state index is 0.0498. The number of aromatic amines is 2. The maximum absolute atomic E-state index is 12.6. The van der Waals surface area contributed by atoms with Gasteiger partial charge in [-0.05, 0) is 6.42 Å². The lowest BCUT2D eigenvalue weighted by atomic mass is 10.0. The van der Waals surface area contributed by atoms with Crippen LogP contribution in [0.4, 0.5) is 0 Å². The van der Waals surface area contributed by atoms with E-state index in [2.05, 4.69) is 15.3 Å². The normalized spacial score (nSPS) is 22.6. The molecule has 0 saturated carbocycles. The molecule has 2 rings (SSSR count). The number of amides is 3. The molecule has 1 aromatic rings. The van der Waals surface area contributed by atoms with Crippen molar-refractivity contribution in [2.45, 2.75) is 43.3 Å². The van der Waals surface area contributed by atoms with Crippen LogP contribution in [0.1, 0.15) is 24.5 Å². The Kier molecular flexibility index (Phi) is 8.84. The number of hydrogen-bond donors (Lipinski definition) is 9. The molecule has 1 aromatic heterocycles. The van der Waals surface area contributed by atoms with E-state index in [1.54, 1.807) is 0 Å². The summed E-state index contributed by atoms with van der Waals surface area (Å²) in [5.41, 5.74) is 13.5. The number of guanidine groups is 1. The maximum Gasteiger partial charge on any atom is 0.325 e. The van der Waals surface area contributed by atoms with Gasteiger partial charge >= 0.3 is 5.69 Å². The number of rotatable bonds is 10. The number of aliphatic hydroxyl groups is 2. The van der Waals surface area contributed by atoms with E-state index >= 15 is 0 Å². The van der Waals surface area contributed by atoms with Gasteiger partial charge in [0.25, 0.3) is 11.5 Å². The summed E-state index contributed by atoms with van der Waals surface area (Å²) in [5, 5.41) is 33.0. The van der Waals surface area contributed by atoms with Gasteiger partial charge < -0.3 is 42.5 Å². The van der Waals surface area contributed by atoms with Crippen molar-refractivity contribution in [2.75, 3.05) is 13.1 Å². The van der Waals surface area contributed by atoms with Crippen molar-refractivity contribution in [3.05, 3.63) is 32.6 Å². The van der Waals surface area contributed by atoms with Crippen molar-refractivity contribution in [2.24, 2.45) is 22.2 Å². The van der Waals surface area contributed by atoms with Crippen molar-refractivity contribution in [3.63, 3.8) is 0 Å². The Morgan fingerprint density at radius 3 is 2.47 bits per heavy atom. The first kappa shape index (κ1) is 26.5. The van der Waals surface area contributed by atoms with E-state index in [0.29, 0.717) is 0 Å². The van der Waals surface area contributed by atoms with Crippen LogP contribution in [0, 0.1) is 0 Å². The molecule has 34 heavy (non-hydrogen) atoms. The number of aromatic nitrogens is 2. The second kappa shape index (κ2) is 11.4. The van der Waals surface area contributed by atoms with E-state index < -0.39 is 78.5 Å². The van der Waals surface area contributed by atoms with Crippen LogP contribution in [0.15, 0.2) is 20.8 Å². The van der Waals surface area contributed by atoms with Gasteiger partial charge in [0.15, 0.2) is 5.96 Å². The van der Waals surface area contributed by atoms with Gasteiger partial charge in [0.05, 0.1) is 5.56 Å². The third kappa shape index (κ3) is 6.61. The van der Waals surface area contributed by atoms with Crippen LogP contribution in [0.3, 0.4) is 0 Å². The Balaban J connectivity index is 2.09. The fourth-order valence-corrected chi connectivity index (χ4v) is 3.17. The van der Waals surface area contributed by atoms with Crippen LogP contribution >= 0.6 is 0 Å². The summed E-state index contributed by atoms with van der Waals surface area (Å²) < 4.78 is 5.47. The number of nitrogens with zero attached hydrogens (tertiary/aromatic N) is 2. The summed E-state index contributed by atoms with van der Waals surface area (Å²) in [6.45, 7) is -1.09. The topological polar surface area (TPSA) is 293 Å². The van der Waals surface area contributed by atoms with E-state index in [-0.39, 0.29) is 23.5 Å². The average Bonchev–Trinajstić information content (AvgIpc) is 3.04. The van der Waals surface area contributed by atoms with Crippen LogP contribution in [-0.4, -0.2) is 91.6 Å². The number of nitrogens with two attached hydrogens (primary N) is 3. The molecule has 0 aliphatic carbocycles. The molecule has 5 atom stereocenters. The molecule has 1 aliphatic rings. The molecule has 2 heterocycles. The third-order valence-electron chi connectivity index (χ3n) is 4.91. The Morgan fingerprint density at radius 1 is 1.21 bits per heavy atom. The SMILES string of the molecule is NC(=O)CC[C@@H](C(=O)NC[C@H]1O[C@@H](c2c[nH]c(=O)[nH]c2=O)[C@H](O)[C@@H]1O)N(O)C(=O)CN=C(N)N. The molecule has 3 amide bonds. The lowest BCUT2D eigenvalue weighted by Gasteiger charge is -2.25. The lowest BCUT2D eigenvalue weighted by Crippen LogP contribution is -2.51. The molecule has 1 saturated heterocycles. The van der Waals surface area contributed by atoms with Crippen LogP contribution in [0.5, 0.6) is 0 Å². The molecular weight excluding hydrogens is 460 g/mol. The number of H-pyrrole nitrogens is 2. The smallest absolute Gasteiger partial charge is 0.325 e. The van der Waals surface area contributed by atoms with Gasteiger partial charge in [0.1, 0.15) is 37.0 Å². The first-order chi connectivity index (χ1) is 15.9. The van der Waals surface area contributed by atoms with E-state index in [1.807, 2.05) is 4.98 Å². The summed E-state index contributed by atoms with van der Waals surface area (Å²) in [7, 11) is 0. The Bertz CT molecular complexity index is 1050. The summed E-state index contributed by atoms with van der Waals surface area (Å²) in [5.74, 6) is -3.23. The van der Waals surface area contributed by atoms with Crippen LogP contribution in [0.2, 0.25) is 0 Å². The number of aliphatic imine (C=N–C) groups is 1. The third-order valence-corrected chi connectivity index (χ3v) is 4.91. The van der Waals surface area contributed by atoms with Gasteiger partial charge in [-0.15, -0.1) is 0 Å². The van der Waals surface area contributed by atoms with Gasteiger partial charge in [-0.25, -0.2) is 14.9 Å². The lowest BCUT2D eigenvalue weighted by molar-refractivity contribution is -0.179. The second-order valence-corrected chi connectivity index (χ2v) is 7.35. The quantitative estimate of drug-likeness (QED) is 0.0650. The highest BCUT2D eigenvalue weighted by Crippen LogP contribution is 2.31. The molecule has 17 nitrogen and oxygen atoms in total. The minimum Gasteiger partial charge on any atom is -0.388 e. The van der Waals surface area contributed by atoms with Gasteiger partial charge in [-0.3, -0.25) is 29.4 Å². The zero-order valence-corrected chi connectivity index (χ0v) is 17.7. The summed E-state index contributed by atoms with van der Waals surface area (Å²) >= 11 is 0. The van der Waals surface area contributed by atoms with Crippen molar-refractivity contribution >= 4 is 23.7 Å². The average molecular weight is 486 g/mol. The molecule has 1 aliphatic heterocycles. The standard InChI is InChI=1S/C17H26N8O9/c18-9(26)2-1-7(25(33)10(27)5-22-16(19)20)15(31)21-4-8-11(28)12(29)13(34-8)6-3-23-17(32)24-14(6)30/h3,7-8,11-13,28-29,33H,1-2,4-5H2,(H2,18,26)(H,21,31)(H4,19,20,22)(H2,23,24,30,32)/t7-,8+,11+,12+,13-/m0/s1. The highest BCUT2D eigenvalue weighted by Gasteiger charge is 2.44. The number of hydrogen-bond acceptors (Lipinski definition) is 10. The number of primary amides is 1. The highest BCUT2D eigenvalue weighted by atomic mass is 16.5. The molecule has 0 spiro atoms. The Morgan fingerprint density at radius 2 is 1.88 bits per heavy atom. The molecular formula is C17H26N8O9. The number of carbonyl (C=O) groups is 3. The largest absolute Gasteiger partial charge is 0.388 e. The molecule has 188 valence electrons. The number of carbonyl (C=O) groups excluding carboxylic acids is 3.